The fourth-order valence-corrected chi connectivity index (χ4v) is 4.62. The smallest absolute Gasteiger partial charge is 0.277 e. The molecule has 1 aliphatic heterocycles. The number of likely N-dealkylation sites (N-methyl/N-ethyl adjacent to an activating group) is 1. The second-order valence-corrected chi connectivity index (χ2v) is 9.51. The molecule has 0 bridgehead atoms. The van der Waals surface area contributed by atoms with Gasteiger partial charge >= 0.3 is 0 Å². The van der Waals surface area contributed by atoms with Gasteiger partial charge in [0.15, 0.2) is 11.3 Å². The number of nitrogens with zero attached hydrogens (tertiary/aromatic N) is 6. The molecule has 3 heterocycles. The Labute approximate surface area is 224 Å². The molecule has 0 saturated carbocycles. The predicted molar refractivity (Wildman–Crippen MR) is 143 cm³/mol. The van der Waals surface area contributed by atoms with Crippen molar-refractivity contribution < 1.29 is 19.1 Å². The lowest BCUT2D eigenvalue weighted by Crippen LogP contribution is -2.40. The first-order valence-corrected chi connectivity index (χ1v) is 12.3. The van der Waals surface area contributed by atoms with E-state index in [2.05, 4.69) is 27.0 Å². The summed E-state index contributed by atoms with van der Waals surface area (Å²) < 4.78 is 7.09. The molecule has 1 fully saturated rings. The van der Waals surface area contributed by atoms with Gasteiger partial charge in [-0.15, -0.1) is 0 Å². The van der Waals surface area contributed by atoms with Crippen molar-refractivity contribution in [2.24, 2.45) is 0 Å². The lowest BCUT2D eigenvalue weighted by atomic mass is 10.1. The first-order valence-electron chi connectivity index (χ1n) is 11.9. The molecule has 0 radical (unpaired) electrons. The van der Waals surface area contributed by atoms with Gasteiger partial charge in [0.25, 0.3) is 5.91 Å². The van der Waals surface area contributed by atoms with E-state index in [-0.39, 0.29) is 35.8 Å². The lowest BCUT2D eigenvalue weighted by Gasteiger charge is -2.32. The van der Waals surface area contributed by atoms with Crippen LogP contribution >= 0.6 is 11.6 Å². The first kappa shape index (κ1) is 26.9. The molecule has 12 nitrogen and oxygen atoms in total. The van der Waals surface area contributed by atoms with Crippen LogP contribution in [0.15, 0.2) is 31.1 Å². The number of nitrogens with two attached hydrogens (primary N) is 1. The van der Waals surface area contributed by atoms with Gasteiger partial charge in [-0.25, -0.2) is 14.6 Å². The van der Waals surface area contributed by atoms with E-state index in [1.54, 1.807) is 29.7 Å². The Morgan fingerprint density at radius 2 is 2.08 bits per heavy atom. The van der Waals surface area contributed by atoms with Crippen LogP contribution in [0.2, 0.25) is 5.02 Å². The maximum atomic E-state index is 13.5. The molecule has 4 rings (SSSR count). The fourth-order valence-electron chi connectivity index (χ4n) is 4.39. The molecule has 3 N–H and O–H groups in total. The average Bonchev–Trinajstić information content (AvgIpc) is 3.31. The number of benzene rings is 1. The zero-order chi connectivity index (χ0) is 27.6. The van der Waals surface area contributed by atoms with Crippen LogP contribution in [0.4, 0.5) is 11.5 Å². The molecule has 2 aromatic heterocycles. The summed E-state index contributed by atoms with van der Waals surface area (Å²) >= 11 is 6.44. The van der Waals surface area contributed by atoms with Crippen molar-refractivity contribution in [1.82, 2.24) is 29.5 Å². The van der Waals surface area contributed by atoms with Gasteiger partial charge in [-0.1, -0.05) is 18.2 Å². The fraction of sp³-hybridized carbons (Fsp3) is 0.360. The van der Waals surface area contributed by atoms with E-state index in [0.717, 1.165) is 12.8 Å². The van der Waals surface area contributed by atoms with Crippen molar-refractivity contribution in [2.75, 3.05) is 45.3 Å². The van der Waals surface area contributed by atoms with Crippen LogP contribution in [0.1, 0.15) is 34.9 Å². The molecule has 0 spiro atoms. The Bertz CT molecular complexity index is 1420. The molecule has 200 valence electrons. The molecular weight excluding hydrogens is 512 g/mol. The number of likely N-dealkylation sites (tertiary alicyclic amines) is 1. The van der Waals surface area contributed by atoms with Crippen LogP contribution in [0, 0.1) is 0 Å². The zero-order valence-corrected chi connectivity index (χ0v) is 22.2. The zero-order valence-electron chi connectivity index (χ0n) is 21.4. The average molecular weight is 541 g/mol. The number of hydrogen-bond acceptors (Lipinski definition) is 8. The minimum absolute atomic E-state index is 0.0234. The van der Waals surface area contributed by atoms with Crippen molar-refractivity contribution in [3.05, 3.63) is 47.4 Å². The second kappa shape index (κ2) is 11.1. The number of hydrogen-bond donors (Lipinski definition) is 2. The topological polar surface area (TPSA) is 149 Å². The van der Waals surface area contributed by atoms with Gasteiger partial charge in [-0.05, 0) is 36.6 Å². The van der Waals surface area contributed by atoms with Crippen LogP contribution in [0.3, 0.4) is 0 Å². The first-order chi connectivity index (χ1) is 18.1. The molecular formula is C25H29ClN8O4. The molecule has 0 aliphatic carbocycles. The van der Waals surface area contributed by atoms with E-state index in [1.165, 1.54) is 30.5 Å². The Kier molecular flexibility index (Phi) is 7.81. The summed E-state index contributed by atoms with van der Waals surface area (Å²) in [6.45, 7) is 4.57. The van der Waals surface area contributed by atoms with Gasteiger partial charge < -0.3 is 25.6 Å². The molecule has 1 atom stereocenters. The summed E-state index contributed by atoms with van der Waals surface area (Å²) in [5.41, 5.74) is 7.42. The second-order valence-electron chi connectivity index (χ2n) is 9.10. The molecule has 3 amide bonds. The van der Waals surface area contributed by atoms with Gasteiger partial charge in [-0.3, -0.25) is 14.4 Å². The van der Waals surface area contributed by atoms with Gasteiger partial charge in [0.05, 0.1) is 30.6 Å². The van der Waals surface area contributed by atoms with E-state index in [0.29, 0.717) is 46.1 Å². The lowest BCUT2D eigenvalue weighted by molar-refractivity contribution is -0.128. The summed E-state index contributed by atoms with van der Waals surface area (Å²) in [4.78, 5) is 49.4. The number of nitrogens with one attached hydrogen (secondary N) is 1. The molecule has 1 unspecified atom stereocenters. The summed E-state index contributed by atoms with van der Waals surface area (Å²) in [7, 11) is 4.76. The molecule has 1 aliphatic rings. The predicted octanol–water partition coefficient (Wildman–Crippen LogP) is 2.30. The van der Waals surface area contributed by atoms with Crippen LogP contribution < -0.4 is 15.8 Å². The summed E-state index contributed by atoms with van der Waals surface area (Å²) in [6.07, 6.45) is 4.16. The van der Waals surface area contributed by atoms with Crippen molar-refractivity contribution in [2.45, 2.75) is 25.3 Å². The quantitative estimate of drug-likeness (QED) is 0.434. The number of halogens is 1. The number of methoxy groups -OCH3 is 1. The number of amides is 3. The Morgan fingerprint density at radius 3 is 2.76 bits per heavy atom. The van der Waals surface area contributed by atoms with E-state index >= 15 is 0 Å². The van der Waals surface area contributed by atoms with Crippen molar-refractivity contribution in [1.29, 1.82) is 0 Å². The van der Waals surface area contributed by atoms with Crippen LogP contribution in [-0.2, 0) is 16.0 Å². The third-order valence-electron chi connectivity index (χ3n) is 6.42. The number of ether oxygens (including phenoxy) is 1. The van der Waals surface area contributed by atoms with Crippen LogP contribution in [0.25, 0.3) is 11.0 Å². The number of carbonyl (C=O) groups excluding carboxylic acids is 3. The molecule has 1 saturated heterocycles. The number of aromatic nitrogens is 4. The van der Waals surface area contributed by atoms with Crippen LogP contribution in [0.5, 0.6) is 5.75 Å². The largest absolute Gasteiger partial charge is 0.495 e. The van der Waals surface area contributed by atoms with Crippen molar-refractivity contribution in [3.8, 4) is 5.75 Å². The van der Waals surface area contributed by atoms with Gasteiger partial charge in [-0.2, -0.15) is 5.10 Å². The van der Waals surface area contributed by atoms with Gasteiger partial charge in [0.1, 0.15) is 17.9 Å². The van der Waals surface area contributed by atoms with E-state index in [1.807, 2.05) is 0 Å². The third kappa shape index (κ3) is 5.25. The van der Waals surface area contributed by atoms with E-state index in [9.17, 15) is 14.4 Å². The Balaban J connectivity index is 1.68. The molecule has 13 heteroatoms. The third-order valence-corrected chi connectivity index (χ3v) is 6.77. The highest BCUT2D eigenvalue weighted by atomic mass is 35.5. The monoisotopic (exact) mass is 540 g/mol. The normalized spacial score (nSPS) is 15.3. The highest BCUT2D eigenvalue weighted by Gasteiger charge is 2.29. The number of fused-ring (bicyclic) bond motifs is 1. The summed E-state index contributed by atoms with van der Waals surface area (Å²) in [5.74, 6) is -0.448. The molecule has 38 heavy (non-hydrogen) atoms. The van der Waals surface area contributed by atoms with Crippen LogP contribution in [-0.4, -0.2) is 81.6 Å². The van der Waals surface area contributed by atoms with Gasteiger partial charge in [0, 0.05) is 32.2 Å². The Hall–Kier alpha value is -4.19. The number of piperidine rings is 1. The number of anilines is 2. The minimum Gasteiger partial charge on any atom is -0.495 e. The van der Waals surface area contributed by atoms with E-state index < -0.39 is 5.91 Å². The summed E-state index contributed by atoms with van der Waals surface area (Å²) in [6, 6.07) is 2.92. The highest BCUT2D eigenvalue weighted by molar-refractivity contribution is 6.32. The molecule has 3 aromatic rings. The van der Waals surface area contributed by atoms with Crippen molar-refractivity contribution in [3.63, 3.8) is 0 Å². The van der Waals surface area contributed by atoms with Crippen molar-refractivity contribution >= 4 is 51.9 Å². The maximum Gasteiger partial charge on any atom is 0.277 e. The highest BCUT2D eigenvalue weighted by Crippen LogP contribution is 2.34. The number of carbonyl (C=O) groups is 3. The minimum atomic E-state index is -0.573. The number of nitrogen functional groups attached to an aromatic ring is 1. The SMILES string of the molecule is C=CC(=O)N1CCCC(n2nc(C(=O)Nc3cc(Cl)c(CC(=O)N(C)C)cc3OC)c3c(N)ncnc32)C1. The standard InChI is InChI=1S/C25H29ClN8O4/c1-5-19(35)33-8-6-7-15(12-33)34-24-21(23(27)28-13-29-24)22(31-34)25(37)30-17-11-16(26)14(9-18(17)38-4)10-20(36)32(2)3/h5,9,11,13,15H,1,6-8,10,12H2,2-4H3,(H,30,37)(H2,27,28,29). The van der Waals surface area contributed by atoms with E-state index in [4.69, 9.17) is 22.1 Å². The Morgan fingerprint density at radius 1 is 1.32 bits per heavy atom. The molecule has 1 aromatic carbocycles. The summed E-state index contributed by atoms with van der Waals surface area (Å²) in [5, 5.41) is 7.96. The maximum absolute atomic E-state index is 13.5. The number of rotatable bonds is 7. The van der Waals surface area contributed by atoms with Gasteiger partial charge in [0.2, 0.25) is 11.8 Å².